The van der Waals surface area contributed by atoms with E-state index in [1.807, 2.05) is 30.1 Å². The number of aromatic nitrogens is 2. The summed E-state index contributed by atoms with van der Waals surface area (Å²) >= 11 is 0. The molecule has 0 aliphatic carbocycles. The molecule has 0 unspecified atom stereocenters. The third-order valence-electron chi connectivity index (χ3n) is 5.47. The average Bonchev–Trinajstić information content (AvgIpc) is 2.79. The van der Waals surface area contributed by atoms with Crippen LogP contribution in [0.5, 0.6) is 0 Å². The molecule has 0 atom stereocenters. The molecule has 1 aromatic heterocycles. The van der Waals surface area contributed by atoms with Gasteiger partial charge in [0, 0.05) is 50.9 Å². The summed E-state index contributed by atoms with van der Waals surface area (Å²) in [6.45, 7) is 3.41. The molecule has 1 N–H and O–H groups in total. The molecule has 0 spiro atoms. The van der Waals surface area contributed by atoms with Crippen molar-refractivity contribution in [1.82, 2.24) is 19.8 Å². The lowest BCUT2D eigenvalue weighted by molar-refractivity contribution is 0.0746. The number of anilines is 1. The van der Waals surface area contributed by atoms with Gasteiger partial charge in [-0.3, -0.25) is 19.5 Å². The van der Waals surface area contributed by atoms with Gasteiger partial charge in [0.1, 0.15) is 5.82 Å². The summed E-state index contributed by atoms with van der Waals surface area (Å²) in [6, 6.07) is 17.2. The van der Waals surface area contributed by atoms with Crippen LogP contribution in [-0.2, 0) is 13.1 Å². The van der Waals surface area contributed by atoms with Crippen LogP contribution in [0.1, 0.15) is 21.6 Å². The molecule has 2 aromatic carbocycles. The van der Waals surface area contributed by atoms with Gasteiger partial charge in [-0.15, -0.1) is 0 Å². The van der Waals surface area contributed by atoms with Crippen molar-refractivity contribution in [3.8, 4) is 0 Å². The molecule has 1 fully saturated rings. The quantitative estimate of drug-likeness (QED) is 0.644. The van der Waals surface area contributed by atoms with E-state index in [-0.39, 0.29) is 17.3 Å². The predicted octanol–water partition coefficient (Wildman–Crippen LogP) is 2.50. The minimum Gasteiger partial charge on any atom is -0.339 e. The van der Waals surface area contributed by atoms with Crippen LogP contribution in [-0.4, -0.2) is 58.9 Å². The molecule has 1 aliphatic rings. The molecule has 0 saturated carbocycles. The molecule has 7 nitrogen and oxygen atoms in total. The van der Waals surface area contributed by atoms with Gasteiger partial charge in [-0.05, 0) is 36.9 Å². The van der Waals surface area contributed by atoms with Crippen molar-refractivity contribution in [2.75, 3.05) is 38.1 Å². The zero-order valence-corrected chi connectivity index (χ0v) is 18.0. The Bertz CT molecular complexity index is 1110. The standard InChI is InChI=1S/C24H26FN5O2/c1-28(16-18-5-3-2-4-6-18)17-21-15-22(31)27-24(26-21)30-13-11-29(12-14-30)23(32)19-7-9-20(25)10-8-19/h2-10,15H,11-14,16-17H2,1H3,(H,26,27,31). The molecule has 2 heterocycles. The van der Waals surface area contributed by atoms with E-state index in [0.717, 1.165) is 6.54 Å². The van der Waals surface area contributed by atoms with E-state index in [0.29, 0.717) is 49.9 Å². The van der Waals surface area contributed by atoms with Gasteiger partial charge in [-0.2, -0.15) is 0 Å². The second-order valence-electron chi connectivity index (χ2n) is 8.00. The number of hydrogen-bond acceptors (Lipinski definition) is 5. The van der Waals surface area contributed by atoms with Gasteiger partial charge >= 0.3 is 0 Å². The fraction of sp³-hybridized carbons (Fsp3) is 0.292. The number of piperazine rings is 1. The average molecular weight is 436 g/mol. The van der Waals surface area contributed by atoms with Crippen molar-refractivity contribution in [1.29, 1.82) is 0 Å². The Hall–Kier alpha value is -3.52. The Morgan fingerprint density at radius 3 is 2.41 bits per heavy atom. The zero-order valence-electron chi connectivity index (χ0n) is 18.0. The van der Waals surface area contributed by atoms with E-state index in [4.69, 9.17) is 0 Å². The summed E-state index contributed by atoms with van der Waals surface area (Å²) < 4.78 is 13.1. The number of halogens is 1. The maximum absolute atomic E-state index is 13.1. The largest absolute Gasteiger partial charge is 0.339 e. The molecule has 8 heteroatoms. The summed E-state index contributed by atoms with van der Waals surface area (Å²) in [5.41, 5.74) is 2.17. The van der Waals surface area contributed by atoms with Crippen LogP contribution in [0.4, 0.5) is 10.3 Å². The van der Waals surface area contributed by atoms with Crippen LogP contribution < -0.4 is 10.5 Å². The van der Waals surface area contributed by atoms with Crippen molar-refractivity contribution < 1.29 is 9.18 Å². The zero-order chi connectivity index (χ0) is 22.5. The lowest BCUT2D eigenvalue weighted by atomic mass is 10.2. The number of benzene rings is 2. The highest BCUT2D eigenvalue weighted by Crippen LogP contribution is 2.14. The summed E-state index contributed by atoms with van der Waals surface area (Å²) in [7, 11) is 2.00. The highest BCUT2D eigenvalue weighted by atomic mass is 19.1. The minimum absolute atomic E-state index is 0.123. The van der Waals surface area contributed by atoms with Crippen molar-refractivity contribution in [2.24, 2.45) is 0 Å². The Balaban J connectivity index is 1.38. The van der Waals surface area contributed by atoms with Crippen LogP contribution in [0.25, 0.3) is 0 Å². The van der Waals surface area contributed by atoms with E-state index in [2.05, 4.69) is 27.0 Å². The smallest absolute Gasteiger partial charge is 0.253 e. The number of carbonyl (C=O) groups is 1. The third-order valence-corrected chi connectivity index (χ3v) is 5.47. The van der Waals surface area contributed by atoms with Crippen LogP contribution in [0, 0.1) is 5.82 Å². The van der Waals surface area contributed by atoms with Crippen LogP contribution >= 0.6 is 0 Å². The second-order valence-corrected chi connectivity index (χ2v) is 8.00. The lowest BCUT2D eigenvalue weighted by Gasteiger charge is -2.35. The number of nitrogens with one attached hydrogen (secondary N) is 1. The normalized spacial score (nSPS) is 14.1. The Kier molecular flexibility index (Phi) is 6.61. The number of rotatable bonds is 6. The second kappa shape index (κ2) is 9.74. The maximum Gasteiger partial charge on any atom is 0.253 e. The van der Waals surface area contributed by atoms with Crippen molar-refractivity contribution in [3.63, 3.8) is 0 Å². The Morgan fingerprint density at radius 1 is 1.03 bits per heavy atom. The van der Waals surface area contributed by atoms with Crippen LogP contribution in [0.3, 0.4) is 0 Å². The van der Waals surface area contributed by atoms with Crippen molar-refractivity contribution >= 4 is 11.9 Å². The summed E-state index contributed by atoms with van der Waals surface area (Å²) in [4.78, 5) is 38.2. The van der Waals surface area contributed by atoms with E-state index in [1.54, 1.807) is 4.90 Å². The number of amides is 1. The van der Waals surface area contributed by atoms with Gasteiger partial charge in [0.25, 0.3) is 11.5 Å². The highest BCUT2D eigenvalue weighted by Gasteiger charge is 2.23. The van der Waals surface area contributed by atoms with Gasteiger partial charge in [0.15, 0.2) is 0 Å². The SMILES string of the molecule is CN(Cc1ccccc1)Cc1cc(=O)[nH]c(N2CCN(C(=O)c3ccc(F)cc3)CC2)n1. The Labute approximate surface area is 186 Å². The molecule has 166 valence electrons. The van der Waals surface area contributed by atoms with E-state index < -0.39 is 0 Å². The molecule has 3 aromatic rings. The van der Waals surface area contributed by atoms with Crippen LogP contribution in [0.15, 0.2) is 65.5 Å². The van der Waals surface area contributed by atoms with Crippen LogP contribution in [0.2, 0.25) is 0 Å². The third kappa shape index (κ3) is 5.39. The van der Waals surface area contributed by atoms with Gasteiger partial charge in [0.2, 0.25) is 5.95 Å². The lowest BCUT2D eigenvalue weighted by Crippen LogP contribution is -2.49. The fourth-order valence-corrected chi connectivity index (χ4v) is 3.85. The number of aromatic amines is 1. The monoisotopic (exact) mass is 435 g/mol. The molecule has 4 rings (SSSR count). The molecule has 1 saturated heterocycles. The minimum atomic E-state index is -0.365. The van der Waals surface area contributed by atoms with Gasteiger partial charge in [-0.25, -0.2) is 9.37 Å². The predicted molar refractivity (Wildman–Crippen MR) is 121 cm³/mol. The molecule has 0 bridgehead atoms. The van der Waals surface area contributed by atoms with Crippen molar-refractivity contribution in [2.45, 2.75) is 13.1 Å². The van der Waals surface area contributed by atoms with Gasteiger partial charge in [-0.1, -0.05) is 30.3 Å². The highest BCUT2D eigenvalue weighted by molar-refractivity contribution is 5.94. The molecular formula is C24H26FN5O2. The number of H-pyrrole nitrogens is 1. The first-order valence-corrected chi connectivity index (χ1v) is 10.6. The van der Waals surface area contributed by atoms with E-state index >= 15 is 0 Å². The first-order valence-electron chi connectivity index (χ1n) is 10.6. The van der Waals surface area contributed by atoms with Gasteiger partial charge < -0.3 is 9.80 Å². The number of carbonyl (C=O) groups excluding carboxylic acids is 1. The molecule has 0 radical (unpaired) electrons. The Morgan fingerprint density at radius 2 is 1.72 bits per heavy atom. The van der Waals surface area contributed by atoms with E-state index in [1.165, 1.54) is 35.9 Å². The topological polar surface area (TPSA) is 72.5 Å². The first-order chi connectivity index (χ1) is 15.5. The van der Waals surface area contributed by atoms with E-state index in [9.17, 15) is 14.0 Å². The number of hydrogen-bond donors (Lipinski definition) is 1. The molecular weight excluding hydrogens is 409 g/mol. The molecule has 1 aliphatic heterocycles. The first kappa shape index (κ1) is 21.7. The summed E-state index contributed by atoms with van der Waals surface area (Å²) in [6.07, 6.45) is 0. The summed E-state index contributed by atoms with van der Waals surface area (Å²) in [5.74, 6) is 0.0348. The number of nitrogens with zero attached hydrogens (tertiary/aromatic N) is 4. The maximum atomic E-state index is 13.1. The fourth-order valence-electron chi connectivity index (χ4n) is 3.85. The van der Waals surface area contributed by atoms with Crippen molar-refractivity contribution in [3.05, 3.63) is 93.7 Å². The molecule has 1 amide bonds. The van der Waals surface area contributed by atoms with Gasteiger partial charge in [0.05, 0.1) is 5.69 Å². The summed E-state index contributed by atoms with van der Waals surface area (Å²) in [5, 5.41) is 0. The molecule has 32 heavy (non-hydrogen) atoms.